The summed E-state index contributed by atoms with van der Waals surface area (Å²) in [7, 11) is 0. The van der Waals surface area contributed by atoms with Gasteiger partial charge in [-0.1, -0.05) is 49.8 Å². The Labute approximate surface area is 125 Å². The van der Waals surface area contributed by atoms with Gasteiger partial charge in [0.1, 0.15) is 0 Å². The van der Waals surface area contributed by atoms with E-state index in [0.29, 0.717) is 11.8 Å². The third-order valence-corrected chi connectivity index (χ3v) is 4.31. The van der Waals surface area contributed by atoms with Gasteiger partial charge in [0.2, 0.25) is 0 Å². The highest BCUT2D eigenvalue weighted by molar-refractivity contribution is 5.18. The Morgan fingerprint density at radius 2 is 2.00 bits per heavy atom. The summed E-state index contributed by atoms with van der Waals surface area (Å²) in [5, 5.41) is 10.5. The average Bonchev–Trinajstić information content (AvgIpc) is 2.36. The predicted molar refractivity (Wildman–Crippen MR) is 88.7 cm³/mol. The maximum Gasteiger partial charge on any atom is 0.0620 e. The molecule has 1 heteroatoms. The highest BCUT2D eigenvalue weighted by Gasteiger charge is 2.22. The molecule has 2 unspecified atom stereocenters. The van der Waals surface area contributed by atoms with Crippen LogP contribution in [-0.4, -0.2) is 10.7 Å². The van der Waals surface area contributed by atoms with Crippen LogP contribution in [0.5, 0.6) is 0 Å². The molecule has 0 aliphatic heterocycles. The van der Waals surface area contributed by atoms with Crippen LogP contribution in [-0.2, 0) is 0 Å². The molecular formula is C19H32O. The summed E-state index contributed by atoms with van der Waals surface area (Å²) >= 11 is 0. The lowest BCUT2D eigenvalue weighted by Gasteiger charge is -2.26. The molecule has 0 spiro atoms. The van der Waals surface area contributed by atoms with Crippen molar-refractivity contribution in [3.8, 4) is 0 Å². The van der Waals surface area contributed by atoms with Crippen LogP contribution in [0.25, 0.3) is 0 Å². The second-order valence-corrected chi connectivity index (χ2v) is 6.85. The zero-order chi connectivity index (χ0) is 15.0. The Bertz CT molecular complexity index is 358. The van der Waals surface area contributed by atoms with Gasteiger partial charge in [0.05, 0.1) is 5.60 Å². The van der Waals surface area contributed by atoms with Crippen LogP contribution in [0.4, 0.5) is 0 Å². The van der Waals surface area contributed by atoms with Crippen molar-refractivity contribution in [2.45, 2.75) is 71.8 Å². The zero-order valence-corrected chi connectivity index (χ0v) is 13.7. The molecule has 1 rings (SSSR count). The van der Waals surface area contributed by atoms with Gasteiger partial charge in [-0.15, -0.1) is 0 Å². The fraction of sp³-hybridized carbons (Fsp3) is 0.684. The van der Waals surface area contributed by atoms with Gasteiger partial charge in [-0.25, -0.2) is 0 Å². The zero-order valence-electron chi connectivity index (χ0n) is 13.7. The van der Waals surface area contributed by atoms with Crippen molar-refractivity contribution < 1.29 is 5.11 Å². The van der Waals surface area contributed by atoms with Gasteiger partial charge in [-0.2, -0.15) is 0 Å². The van der Waals surface area contributed by atoms with Crippen molar-refractivity contribution in [2.24, 2.45) is 11.8 Å². The number of allylic oxidation sites excluding steroid dienone is 6. The van der Waals surface area contributed by atoms with Crippen molar-refractivity contribution in [1.29, 1.82) is 0 Å². The molecule has 0 radical (unpaired) electrons. The Morgan fingerprint density at radius 1 is 1.25 bits per heavy atom. The maximum absolute atomic E-state index is 10.5. The summed E-state index contributed by atoms with van der Waals surface area (Å²) in [6.07, 6.45) is 17.4. The lowest BCUT2D eigenvalue weighted by molar-refractivity contribution is 0.0338. The molecule has 0 heterocycles. The Kier molecular flexibility index (Phi) is 7.29. The average molecular weight is 276 g/mol. The van der Waals surface area contributed by atoms with E-state index in [1.165, 1.54) is 5.57 Å². The van der Waals surface area contributed by atoms with Gasteiger partial charge in [0, 0.05) is 0 Å². The van der Waals surface area contributed by atoms with E-state index in [4.69, 9.17) is 0 Å². The molecule has 0 saturated heterocycles. The molecule has 0 amide bonds. The molecular weight excluding hydrogens is 244 g/mol. The highest BCUT2D eigenvalue weighted by Crippen LogP contribution is 2.27. The van der Waals surface area contributed by atoms with Crippen LogP contribution in [0.2, 0.25) is 0 Å². The van der Waals surface area contributed by atoms with Gasteiger partial charge < -0.3 is 5.11 Å². The third kappa shape index (κ3) is 7.09. The Morgan fingerprint density at radius 3 is 2.70 bits per heavy atom. The molecule has 1 aliphatic rings. The van der Waals surface area contributed by atoms with Crippen LogP contribution < -0.4 is 0 Å². The largest absolute Gasteiger partial charge is 0.390 e. The molecule has 0 fully saturated rings. The first kappa shape index (κ1) is 17.2. The SMILES string of the molecule is CC1=C/C/C=C/CCCC(C)(O)CCC(C(C)C)\C=C\1. The van der Waals surface area contributed by atoms with E-state index in [1.54, 1.807) is 0 Å². The first-order valence-electron chi connectivity index (χ1n) is 8.13. The van der Waals surface area contributed by atoms with Gasteiger partial charge in [-0.3, -0.25) is 0 Å². The lowest BCUT2D eigenvalue weighted by Crippen LogP contribution is -2.25. The van der Waals surface area contributed by atoms with Crippen LogP contribution in [0.15, 0.2) is 36.0 Å². The molecule has 20 heavy (non-hydrogen) atoms. The molecule has 1 aliphatic carbocycles. The fourth-order valence-corrected chi connectivity index (χ4v) is 2.67. The number of hydrogen-bond acceptors (Lipinski definition) is 1. The van der Waals surface area contributed by atoms with E-state index in [1.807, 2.05) is 6.92 Å². The van der Waals surface area contributed by atoms with E-state index in [9.17, 15) is 5.11 Å². The minimum atomic E-state index is -0.510. The van der Waals surface area contributed by atoms with Crippen LogP contribution in [0, 0.1) is 11.8 Å². The van der Waals surface area contributed by atoms with E-state index in [-0.39, 0.29) is 0 Å². The first-order valence-corrected chi connectivity index (χ1v) is 8.13. The number of rotatable bonds is 1. The van der Waals surface area contributed by atoms with Crippen molar-refractivity contribution >= 4 is 0 Å². The Hall–Kier alpha value is -0.820. The fourth-order valence-electron chi connectivity index (χ4n) is 2.67. The molecule has 0 aromatic carbocycles. The molecule has 2 atom stereocenters. The molecule has 0 aromatic heterocycles. The van der Waals surface area contributed by atoms with E-state index in [0.717, 1.165) is 38.5 Å². The summed E-state index contributed by atoms with van der Waals surface area (Å²) in [6.45, 7) is 8.71. The minimum absolute atomic E-state index is 0.510. The topological polar surface area (TPSA) is 20.2 Å². The maximum atomic E-state index is 10.5. The molecule has 0 bridgehead atoms. The summed E-state index contributed by atoms with van der Waals surface area (Å²) < 4.78 is 0. The lowest BCUT2D eigenvalue weighted by atomic mass is 9.84. The van der Waals surface area contributed by atoms with Gasteiger partial charge >= 0.3 is 0 Å². The van der Waals surface area contributed by atoms with Crippen molar-refractivity contribution in [1.82, 2.24) is 0 Å². The molecule has 0 saturated carbocycles. The van der Waals surface area contributed by atoms with Crippen LogP contribution in [0.3, 0.4) is 0 Å². The van der Waals surface area contributed by atoms with Crippen LogP contribution in [0.1, 0.15) is 66.2 Å². The monoisotopic (exact) mass is 276 g/mol. The van der Waals surface area contributed by atoms with E-state index in [2.05, 4.69) is 51.2 Å². The van der Waals surface area contributed by atoms with Crippen LogP contribution >= 0.6 is 0 Å². The minimum Gasteiger partial charge on any atom is -0.390 e. The normalized spacial score (nSPS) is 35.9. The number of aliphatic hydroxyl groups is 1. The predicted octanol–water partition coefficient (Wildman–Crippen LogP) is 5.42. The summed E-state index contributed by atoms with van der Waals surface area (Å²) in [5.41, 5.74) is 0.827. The molecule has 1 N–H and O–H groups in total. The van der Waals surface area contributed by atoms with Crippen molar-refractivity contribution in [3.05, 3.63) is 36.0 Å². The highest BCUT2D eigenvalue weighted by atomic mass is 16.3. The van der Waals surface area contributed by atoms with E-state index < -0.39 is 5.60 Å². The smallest absolute Gasteiger partial charge is 0.0620 e. The molecule has 1 nitrogen and oxygen atoms in total. The summed E-state index contributed by atoms with van der Waals surface area (Å²) in [4.78, 5) is 0. The molecule has 0 aromatic rings. The second-order valence-electron chi connectivity index (χ2n) is 6.85. The van der Waals surface area contributed by atoms with Crippen molar-refractivity contribution in [2.75, 3.05) is 0 Å². The first-order chi connectivity index (χ1) is 9.41. The van der Waals surface area contributed by atoms with Gasteiger partial charge in [-0.05, 0) is 64.2 Å². The van der Waals surface area contributed by atoms with Gasteiger partial charge in [0.15, 0.2) is 0 Å². The summed E-state index contributed by atoms with van der Waals surface area (Å²) in [6, 6.07) is 0. The summed E-state index contributed by atoms with van der Waals surface area (Å²) in [5.74, 6) is 1.19. The van der Waals surface area contributed by atoms with Gasteiger partial charge in [0.25, 0.3) is 0 Å². The number of hydrogen-bond donors (Lipinski definition) is 1. The van der Waals surface area contributed by atoms with Crippen molar-refractivity contribution in [3.63, 3.8) is 0 Å². The third-order valence-electron chi connectivity index (χ3n) is 4.31. The second kappa shape index (κ2) is 8.46. The standard InChI is InChI=1S/C19H32O/c1-16(2)18-12-11-17(3)10-8-6-5-7-9-14-19(4,20)15-13-18/h5-6,10-12,16,18,20H,7-9,13-15H2,1-4H3/b6-5+,12-11+,17-10-. The quantitative estimate of drug-likeness (QED) is 0.634. The van der Waals surface area contributed by atoms with E-state index >= 15 is 0 Å². The molecule has 114 valence electrons. The Balaban J connectivity index is 2.79.